The molecule has 0 bridgehead atoms. The maximum atomic E-state index is 13.4. The van der Waals surface area contributed by atoms with E-state index in [1.165, 1.54) is 26.4 Å². The number of methoxy groups -OCH3 is 2. The predicted molar refractivity (Wildman–Crippen MR) is 178 cm³/mol. The molecule has 1 aliphatic carbocycles. The van der Waals surface area contributed by atoms with Gasteiger partial charge >= 0.3 is 11.9 Å². The van der Waals surface area contributed by atoms with Crippen LogP contribution in [0.4, 0.5) is 5.69 Å². The number of nitro groups is 1. The lowest BCUT2D eigenvalue weighted by atomic mass is 9.85. The van der Waals surface area contributed by atoms with E-state index in [9.17, 15) is 24.5 Å². The molecule has 0 spiro atoms. The normalized spacial score (nSPS) is 15.7. The van der Waals surface area contributed by atoms with Crippen LogP contribution in [-0.4, -0.2) is 49.6 Å². The Balaban J connectivity index is 1.17. The van der Waals surface area contributed by atoms with E-state index in [0.29, 0.717) is 42.8 Å². The first-order chi connectivity index (χ1) is 23.3. The molecule has 2 atom stereocenters. The Morgan fingerprint density at radius 3 is 2.42 bits per heavy atom. The van der Waals surface area contributed by atoms with Gasteiger partial charge in [-0.3, -0.25) is 19.7 Å². The van der Waals surface area contributed by atoms with Gasteiger partial charge in [-0.25, -0.2) is 4.79 Å². The molecule has 48 heavy (non-hydrogen) atoms. The van der Waals surface area contributed by atoms with Gasteiger partial charge in [0.15, 0.2) is 0 Å². The zero-order chi connectivity index (χ0) is 34.0. The number of carbonyl (C=O) groups excluding carboxylic acids is 3. The number of benzene rings is 4. The second-order valence-corrected chi connectivity index (χ2v) is 11.7. The molecule has 250 valence electrons. The fourth-order valence-electron chi connectivity index (χ4n) is 6.08. The summed E-state index contributed by atoms with van der Waals surface area (Å²) in [5, 5.41) is 15.9. The number of nitrogens with zero attached hydrogens (tertiary/aromatic N) is 1. The third-order valence-corrected chi connectivity index (χ3v) is 8.54. The number of nitro benzene ring substituents is 1. The van der Waals surface area contributed by atoms with Crippen molar-refractivity contribution in [2.24, 2.45) is 5.92 Å². The van der Waals surface area contributed by atoms with Gasteiger partial charge in [0.1, 0.15) is 18.1 Å². The van der Waals surface area contributed by atoms with Crippen LogP contribution in [0.25, 0.3) is 10.8 Å². The zero-order valence-electron chi connectivity index (χ0n) is 26.9. The van der Waals surface area contributed by atoms with Gasteiger partial charge in [0.25, 0.3) is 11.6 Å². The number of amides is 1. The lowest BCUT2D eigenvalue weighted by Crippen LogP contribution is -2.40. The molecule has 0 aliphatic heterocycles. The smallest absolute Gasteiger partial charge is 0.337 e. The first-order valence-electron chi connectivity index (χ1n) is 15.9. The van der Waals surface area contributed by atoms with E-state index in [1.807, 2.05) is 48.5 Å². The Bertz CT molecular complexity index is 1780. The fourth-order valence-corrected chi connectivity index (χ4v) is 6.08. The number of ether oxygens (including phenoxy) is 4. The summed E-state index contributed by atoms with van der Waals surface area (Å²) in [6.07, 6.45) is 4.09. The minimum atomic E-state index is -0.565. The molecular weight excluding hydrogens is 616 g/mol. The monoisotopic (exact) mass is 654 g/mol. The molecule has 0 radical (unpaired) electrons. The van der Waals surface area contributed by atoms with Crippen molar-refractivity contribution < 1.29 is 38.3 Å². The van der Waals surface area contributed by atoms with E-state index in [-0.39, 0.29) is 52.2 Å². The van der Waals surface area contributed by atoms with Crippen molar-refractivity contribution in [3.63, 3.8) is 0 Å². The van der Waals surface area contributed by atoms with Gasteiger partial charge in [0, 0.05) is 17.7 Å². The Labute approximate surface area is 278 Å². The summed E-state index contributed by atoms with van der Waals surface area (Å²) in [5.74, 6) is -0.507. The fraction of sp³-hybridized carbons (Fsp3) is 0.324. The van der Waals surface area contributed by atoms with Crippen LogP contribution in [0.2, 0.25) is 0 Å². The maximum absolute atomic E-state index is 13.4. The molecule has 4 aromatic carbocycles. The van der Waals surface area contributed by atoms with E-state index in [1.54, 1.807) is 18.2 Å². The number of esters is 2. The van der Waals surface area contributed by atoms with E-state index in [0.717, 1.165) is 35.8 Å². The topological polar surface area (TPSA) is 143 Å². The average Bonchev–Trinajstić information content (AvgIpc) is 3.12. The van der Waals surface area contributed by atoms with Crippen LogP contribution in [-0.2, 0) is 27.3 Å². The van der Waals surface area contributed by atoms with Crippen molar-refractivity contribution in [3.8, 4) is 11.5 Å². The number of hydrogen-bond donors (Lipinski definition) is 1. The molecule has 11 nitrogen and oxygen atoms in total. The Hall–Kier alpha value is -5.45. The summed E-state index contributed by atoms with van der Waals surface area (Å²) in [7, 11) is 2.64. The van der Waals surface area contributed by atoms with Gasteiger partial charge in [0.05, 0.1) is 48.2 Å². The molecule has 11 heteroatoms. The molecule has 1 fully saturated rings. The molecule has 4 aromatic rings. The minimum absolute atomic E-state index is 0.0504. The van der Waals surface area contributed by atoms with E-state index in [2.05, 4.69) is 5.32 Å². The van der Waals surface area contributed by atoms with E-state index < -0.39 is 5.97 Å². The summed E-state index contributed by atoms with van der Waals surface area (Å²) >= 11 is 0. The summed E-state index contributed by atoms with van der Waals surface area (Å²) in [6, 6.07) is 22.6. The summed E-state index contributed by atoms with van der Waals surface area (Å²) in [4.78, 5) is 48.9. The second-order valence-electron chi connectivity index (χ2n) is 11.7. The van der Waals surface area contributed by atoms with Crippen LogP contribution in [0.3, 0.4) is 0 Å². The molecule has 0 aromatic heterocycles. The molecule has 0 saturated heterocycles. The lowest BCUT2D eigenvalue weighted by Gasteiger charge is -2.28. The third kappa shape index (κ3) is 8.28. The molecular formula is C37H38N2O9. The number of rotatable bonds is 13. The number of nitrogens with one attached hydrogen (secondary N) is 1. The van der Waals surface area contributed by atoms with Gasteiger partial charge in [0.2, 0.25) is 0 Å². The molecule has 1 amide bonds. The first-order valence-corrected chi connectivity index (χ1v) is 15.9. The quantitative estimate of drug-likeness (QED) is 0.0731. The Morgan fingerprint density at radius 1 is 0.917 bits per heavy atom. The van der Waals surface area contributed by atoms with Gasteiger partial charge in [-0.05, 0) is 73.4 Å². The molecule has 1 aliphatic rings. The Kier molecular flexibility index (Phi) is 11.2. The predicted octanol–water partition coefficient (Wildman–Crippen LogP) is 6.59. The van der Waals surface area contributed by atoms with E-state index >= 15 is 0 Å². The van der Waals surface area contributed by atoms with Crippen LogP contribution in [0, 0.1) is 16.0 Å². The highest BCUT2D eigenvalue weighted by Gasteiger charge is 2.29. The van der Waals surface area contributed by atoms with Crippen LogP contribution < -0.4 is 14.8 Å². The molecule has 5 rings (SSSR count). The zero-order valence-corrected chi connectivity index (χ0v) is 26.9. The van der Waals surface area contributed by atoms with Gasteiger partial charge in [-0.15, -0.1) is 0 Å². The van der Waals surface area contributed by atoms with Crippen LogP contribution >= 0.6 is 0 Å². The highest BCUT2D eigenvalue weighted by molar-refractivity contribution is 6.00. The standard InChI is InChI=1S/C37H38N2O9/c1-45-36(41)26-10-4-12-29(21-26)38-35(40)31-22-27(37(42)46-2)16-19-33(31)47-20-6-7-24-14-17-30(18-15-24)48-23-28-11-3-8-25-9-5-13-32(34(25)28)39(43)44/h3,5,8-9,11,13-19,22,26,29H,4,6-7,10,12,20-21,23H2,1-2H3,(H,38,40). The van der Waals surface area contributed by atoms with Gasteiger partial charge in [-0.1, -0.05) is 48.9 Å². The highest BCUT2D eigenvalue weighted by Crippen LogP contribution is 2.30. The second kappa shape index (κ2) is 15.9. The molecule has 1 saturated carbocycles. The number of hydrogen-bond acceptors (Lipinski definition) is 9. The average molecular weight is 655 g/mol. The van der Waals surface area contributed by atoms with Crippen LogP contribution in [0.15, 0.2) is 78.9 Å². The largest absolute Gasteiger partial charge is 0.493 e. The van der Waals surface area contributed by atoms with Gasteiger partial charge in [-0.2, -0.15) is 0 Å². The van der Waals surface area contributed by atoms with Crippen LogP contribution in [0.1, 0.15) is 63.9 Å². The van der Waals surface area contributed by atoms with Crippen molar-refractivity contribution in [1.82, 2.24) is 5.32 Å². The molecule has 0 heterocycles. The SMILES string of the molecule is COC(=O)c1ccc(OCCCc2ccc(OCc3cccc4cccc([N+](=O)[O-])c34)cc2)c(C(=O)NC2CCCC(C(=O)OC)C2)c1. The van der Waals surface area contributed by atoms with Gasteiger partial charge < -0.3 is 24.3 Å². The Morgan fingerprint density at radius 2 is 1.69 bits per heavy atom. The third-order valence-electron chi connectivity index (χ3n) is 8.54. The molecule has 1 N–H and O–H groups in total. The minimum Gasteiger partial charge on any atom is -0.493 e. The van der Waals surface area contributed by atoms with E-state index in [4.69, 9.17) is 18.9 Å². The highest BCUT2D eigenvalue weighted by atomic mass is 16.6. The summed E-state index contributed by atoms with van der Waals surface area (Å²) in [5.41, 5.74) is 2.29. The van der Waals surface area contributed by atoms with Crippen molar-refractivity contribution in [3.05, 3.63) is 111 Å². The number of fused-ring (bicyclic) bond motifs is 1. The van der Waals surface area contributed by atoms with Crippen molar-refractivity contribution in [2.45, 2.75) is 51.2 Å². The van der Waals surface area contributed by atoms with Crippen molar-refractivity contribution >= 4 is 34.3 Å². The van der Waals surface area contributed by atoms with Crippen LogP contribution in [0.5, 0.6) is 11.5 Å². The number of non-ortho nitro benzene ring substituents is 1. The maximum Gasteiger partial charge on any atom is 0.337 e. The van der Waals surface area contributed by atoms with Crippen molar-refractivity contribution in [1.29, 1.82) is 0 Å². The first kappa shape index (κ1) is 33.9. The molecule has 2 unspecified atom stereocenters. The van der Waals surface area contributed by atoms with Crippen molar-refractivity contribution in [2.75, 3.05) is 20.8 Å². The number of aryl methyl sites for hydroxylation is 1. The summed E-state index contributed by atoms with van der Waals surface area (Å²) in [6.45, 7) is 0.510. The summed E-state index contributed by atoms with van der Waals surface area (Å²) < 4.78 is 21.7. The lowest BCUT2D eigenvalue weighted by molar-refractivity contribution is -0.383. The number of carbonyl (C=O) groups is 3.